The van der Waals surface area contributed by atoms with Crippen molar-refractivity contribution in [2.45, 2.75) is 51.6 Å². The van der Waals surface area contributed by atoms with Gasteiger partial charge >= 0.3 is 0 Å². The number of ketones is 1. The Hall–Kier alpha value is -1.91. The van der Waals surface area contributed by atoms with Crippen molar-refractivity contribution in [3.05, 3.63) is 33.9 Å². The van der Waals surface area contributed by atoms with Crippen LogP contribution in [-0.2, 0) is 4.79 Å². The van der Waals surface area contributed by atoms with Gasteiger partial charge in [0.2, 0.25) is 0 Å². The van der Waals surface area contributed by atoms with Gasteiger partial charge in [-0.3, -0.25) is 14.9 Å². The molecule has 2 aliphatic carbocycles. The number of aryl methyl sites for hydroxylation is 1. The number of Topliss-reactive ketones (excluding diaryl/α,β-unsaturated/α-hetero) is 1. The third kappa shape index (κ3) is 2.30. The number of nitro groups is 1. The van der Waals surface area contributed by atoms with Crippen LogP contribution in [0.5, 0.6) is 5.75 Å². The molecule has 0 bridgehead atoms. The number of benzene rings is 1. The first-order valence-electron chi connectivity index (χ1n) is 7.48. The molecular formula is C16H19NO4. The maximum atomic E-state index is 12.1. The molecule has 0 amide bonds. The molecule has 1 aromatic carbocycles. The molecule has 3 rings (SSSR count). The van der Waals surface area contributed by atoms with E-state index < -0.39 is 4.92 Å². The standard InChI is InChI=1S/C16H19NO4/c1-11-5-6-12(17(19)20)9-13(11)21-15-10-14(18)16(15)7-3-2-4-8-16/h5-6,9,15H,2-4,7-8,10H2,1H3. The van der Waals surface area contributed by atoms with Crippen LogP contribution in [0.1, 0.15) is 44.1 Å². The van der Waals surface area contributed by atoms with Crippen LogP contribution in [0.15, 0.2) is 18.2 Å². The molecule has 2 aliphatic rings. The summed E-state index contributed by atoms with van der Waals surface area (Å²) < 4.78 is 6.01. The van der Waals surface area contributed by atoms with E-state index in [9.17, 15) is 14.9 Å². The van der Waals surface area contributed by atoms with E-state index in [1.807, 2.05) is 6.92 Å². The Kier molecular flexibility index (Phi) is 3.43. The second kappa shape index (κ2) is 5.13. The number of hydrogen-bond acceptors (Lipinski definition) is 4. The average molecular weight is 289 g/mol. The summed E-state index contributed by atoms with van der Waals surface area (Å²) in [4.78, 5) is 22.5. The fraction of sp³-hybridized carbons (Fsp3) is 0.562. The molecule has 5 heteroatoms. The van der Waals surface area contributed by atoms with E-state index in [0.29, 0.717) is 18.0 Å². The second-order valence-electron chi connectivity index (χ2n) is 6.16. The molecule has 1 spiro atoms. The maximum absolute atomic E-state index is 12.1. The van der Waals surface area contributed by atoms with Gasteiger partial charge in [0.15, 0.2) is 0 Å². The van der Waals surface area contributed by atoms with E-state index in [0.717, 1.165) is 31.2 Å². The summed E-state index contributed by atoms with van der Waals surface area (Å²) in [5, 5.41) is 10.9. The van der Waals surface area contributed by atoms with Crippen LogP contribution in [0.25, 0.3) is 0 Å². The molecule has 0 radical (unpaired) electrons. The molecule has 0 N–H and O–H groups in total. The van der Waals surface area contributed by atoms with E-state index in [1.165, 1.54) is 18.6 Å². The van der Waals surface area contributed by atoms with Gasteiger partial charge in [-0.15, -0.1) is 0 Å². The summed E-state index contributed by atoms with van der Waals surface area (Å²) in [6.07, 6.45) is 5.42. The quantitative estimate of drug-likeness (QED) is 0.630. The number of ether oxygens (including phenoxy) is 1. The summed E-state index contributed by atoms with van der Waals surface area (Å²) in [7, 11) is 0. The lowest BCUT2D eigenvalue weighted by Crippen LogP contribution is -2.57. The smallest absolute Gasteiger partial charge is 0.273 e. The van der Waals surface area contributed by atoms with Crippen molar-refractivity contribution in [1.29, 1.82) is 0 Å². The highest BCUT2D eigenvalue weighted by Gasteiger charge is 2.56. The fourth-order valence-electron chi connectivity index (χ4n) is 3.54. The topological polar surface area (TPSA) is 69.4 Å². The second-order valence-corrected chi connectivity index (χ2v) is 6.16. The number of rotatable bonds is 3. The van der Waals surface area contributed by atoms with E-state index in [-0.39, 0.29) is 17.2 Å². The molecule has 0 aromatic heterocycles. The van der Waals surface area contributed by atoms with E-state index in [2.05, 4.69) is 0 Å². The van der Waals surface area contributed by atoms with E-state index in [4.69, 9.17) is 4.74 Å². The highest BCUT2D eigenvalue weighted by Crippen LogP contribution is 2.50. The minimum absolute atomic E-state index is 0.0268. The van der Waals surface area contributed by atoms with Crippen molar-refractivity contribution in [2.24, 2.45) is 5.41 Å². The SMILES string of the molecule is Cc1ccc([N+](=O)[O-])cc1OC1CC(=O)C12CCCCC2. The Labute approximate surface area is 123 Å². The molecule has 2 fully saturated rings. The van der Waals surface area contributed by atoms with Crippen molar-refractivity contribution in [3.8, 4) is 5.75 Å². The number of carbonyl (C=O) groups is 1. The number of nitrogens with zero attached hydrogens (tertiary/aromatic N) is 1. The van der Waals surface area contributed by atoms with Crippen molar-refractivity contribution in [1.82, 2.24) is 0 Å². The van der Waals surface area contributed by atoms with Crippen molar-refractivity contribution in [3.63, 3.8) is 0 Å². The zero-order chi connectivity index (χ0) is 15.0. The highest BCUT2D eigenvalue weighted by molar-refractivity contribution is 5.92. The van der Waals surface area contributed by atoms with Crippen LogP contribution >= 0.6 is 0 Å². The van der Waals surface area contributed by atoms with Gasteiger partial charge < -0.3 is 4.74 Å². The van der Waals surface area contributed by atoms with Crippen molar-refractivity contribution in [2.75, 3.05) is 0 Å². The first kappa shape index (κ1) is 14.0. The van der Waals surface area contributed by atoms with Crippen LogP contribution in [-0.4, -0.2) is 16.8 Å². The number of nitro benzene ring substituents is 1. The van der Waals surface area contributed by atoms with Gasteiger partial charge in [-0.25, -0.2) is 0 Å². The van der Waals surface area contributed by atoms with Gasteiger partial charge in [-0.1, -0.05) is 19.3 Å². The summed E-state index contributed by atoms with van der Waals surface area (Å²) in [5.41, 5.74) is 0.569. The van der Waals surface area contributed by atoms with Crippen LogP contribution in [0.4, 0.5) is 5.69 Å². The Morgan fingerprint density at radius 1 is 1.29 bits per heavy atom. The summed E-state index contributed by atoms with van der Waals surface area (Å²) in [5.74, 6) is 0.835. The minimum atomic E-state index is -0.422. The third-order valence-electron chi connectivity index (χ3n) is 4.94. The van der Waals surface area contributed by atoms with Crippen molar-refractivity contribution >= 4 is 11.5 Å². The average Bonchev–Trinajstić information content (AvgIpc) is 2.49. The Bertz CT molecular complexity index is 590. The summed E-state index contributed by atoms with van der Waals surface area (Å²) in [6, 6.07) is 4.64. The number of non-ortho nitro benzene ring substituents is 1. The molecule has 1 unspecified atom stereocenters. The molecule has 2 saturated carbocycles. The Morgan fingerprint density at radius 2 is 2.00 bits per heavy atom. The van der Waals surface area contributed by atoms with Gasteiger partial charge in [0.25, 0.3) is 5.69 Å². The zero-order valence-electron chi connectivity index (χ0n) is 12.1. The molecule has 0 aliphatic heterocycles. The van der Waals surface area contributed by atoms with Gasteiger partial charge in [-0.2, -0.15) is 0 Å². The predicted octanol–water partition coefficient (Wildman–Crippen LogP) is 3.57. The van der Waals surface area contributed by atoms with E-state index >= 15 is 0 Å². The first-order valence-corrected chi connectivity index (χ1v) is 7.48. The molecule has 1 aromatic rings. The number of hydrogen-bond donors (Lipinski definition) is 0. The molecule has 112 valence electrons. The molecule has 0 saturated heterocycles. The molecule has 5 nitrogen and oxygen atoms in total. The zero-order valence-corrected chi connectivity index (χ0v) is 12.1. The summed E-state index contributed by atoms with van der Waals surface area (Å²) >= 11 is 0. The van der Waals surface area contributed by atoms with Crippen molar-refractivity contribution < 1.29 is 14.5 Å². The summed E-state index contributed by atoms with van der Waals surface area (Å²) in [6.45, 7) is 1.87. The molecule has 0 heterocycles. The van der Waals surface area contributed by atoms with E-state index in [1.54, 1.807) is 6.07 Å². The predicted molar refractivity (Wildman–Crippen MR) is 77.4 cm³/mol. The van der Waals surface area contributed by atoms with Crippen LogP contribution in [0, 0.1) is 22.5 Å². The minimum Gasteiger partial charge on any atom is -0.488 e. The van der Waals surface area contributed by atoms with Gasteiger partial charge in [0.05, 0.1) is 16.4 Å². The first-order chi connectivity index (χ1) is 10.0. The largest absolute Gasteiger partial charge is 0.488 e. The third-order valence-corrected chi connectivity index (χ3v) is 4.94. The molecule has 1 atom stereocenters. The van der Waals surface area contributed by atoms with Gasteiger partial charge in [0, 0.05) is 12.5 Å². The lowest BCUT2D eigenvalue weighted by molar-refractivity contribution is -0.385. The number of carbonyl (C=O) groups excluding carboxylic acids is 1. The van der Waals surface area contributed by atoms with Gasteiger partial charge in [-0.05, 0) is 31.4 Å². The van der Waals surface area contributed by atoms with Gasteiger partial charge in [0.1, 0.15) is 17.6 Å². The maximum Gasteiger partial charge on any atom is 0.273 e. The monoisotopic (exact) mass is 289 g/mol. The fourth-order valence-corrected chi connectivity index (χ4v) is 3.54. The Morgan fingerprint density at radius 3 is 2.62 bits per heavy atom. The molecule has 21 heavy (non-hydrogen) atoms. The van der Waals surface area contributed by atoms with Crippen LogP contribution in [0.2, 0.25) is 0 Å². The lowest BCUT2D eigenvalue weighted by atomic mass is 9.57. The van der Waals surface area contributed by atoms with Crippen LogP contribution in [0.3, 0.4) is 0 Å². The highest BCUT2D eigenvalue weighted by atomic mass is 16.6. The van der Waals surface area contributed by atoms with Crippen LogP contribution < -0.4 is 4.74 Å². The molecular weight excluding hydrogens is 270 g/mol. The lowest BCUT2D eigenvalue weighted by Gasteiger charge is -2.49. The normalized spacial score (nSPS) is 23.7. The Balaban J connectivity index is 1.82.